The van der Waals surface area contributed by atoms with Gasteiger partial charge in [-0.2, -0.15) is 0 Å². The fourth-order valence-electron chi connectivity index (χ4n) is 1.82. The van der Waals surface area contributed by atoms with Gasteiger partial charge in [0, 0.05) is 0 Å². The average Bonchev–Trinajstić information content (AvgIpc) is 2.44. The lowest BCUT2D eigenvalue weighted by Gasteiger charge is -2.12. The monoisotopic (exact) mass is 385 g/mol. The minimum atomic E-state index is 0.214. The van der Waals surface area contributed by atoms with Crippen molar-refractivity contribution in [3.05, 3.63) is 57.0 Å². The van der Waals surface area contributed by atoms with Crippen LogP contribution in [0.5, 0.6) is 11.5 Å². The summed E-state index contributed by atoms with van der Waals surface area (Å²) in [6, 6.07) is 11.0. The molecule has 0 saturated heterocycles. The van der Waals surface area contributed by atoms with Gasteiger partial charge in [0.25, 0.3) is 0 Å². The molecule has 6 heteroatoms. The Kier molecular flexibility index (Phi) is 5.45. The quantitative estimate of drug-likeness (QED) is 0.777. The number of nitrogens with two attached hydrogens (primary N) is 1. The van der Waals surface area contributed by atoms with Crippen LogP contribution in [-0.4, -0.2) is 12.1 Å². The summed E-state index contributed by atoms with van der Waals surface area (Å²) in [4.78, 5) is 0.214. The fourth-order valence-corrected chi connectivity index (χ4v) is 2.95. The Morgan fingerprint density at radius 3 is 2.67 bits per heavy atom. The number of halogens is 2. The molecule has 0 spiro atoms. The van der Waals surface area contributed by atoms with Crippen LogP contribution in [0.15, 0.2) is 40.9 Å². The number of benzene rings is 2. The van der Waals surface area contributed by atoms with E-state index in [9.17, 15) is 0 Å². The number of rotatable bonds is 5. The minimum absolute atomic E-state index is 0.214. The van der Waals surface area contributed by atoms with E-state index < -0.39 is 0 Å². The van der Waals surface area contributed by atoms with Crippen molar-refractivity contribution in [2.75, 3.05) is 7.11 Å². The highest BCUT2D eigenvalue weighted by atomic mass is 79.9. The largest absolute Gasteiger partial charge is 0.496 e. The van der Waals surface area contributed by atoms with Gasteiger partial charge in [0.2, 0.25) is 0 Å². The van der Waals surface area contributed by atoms with Crippen LogP contribution in [-0.2, 0) is 6.61 Å². The molecule has 0 radical (unpaired) electrons. The van der Waals surface area contributed by atoms with E-state index in [1.165, 1.54) is 0 Å². The maximum Gasteiger partial charge on any atom is 0.133 e. The van der Waals surface area contributed by atoms with Crippen LogP contribution in [0.25, 0.3) is 0 Å². The van der Waals surface area contributed by atoms with E-state index in [1.54, 1.807) is 25.3 Å². The molecular weight excluding hydrogens is 374 g/mol. The molecule has 2 aromatic rings. The van der Waals surface area contributed by atoms with Gasteiger partial charge >= 0.3 is 0 Å². The summed E-state index contributed by atoms with van der Waals surface area (Å²) in [5, 5.41) is 0.482. The van der Waals surface area contributed by atoms with Gasteiger partial charge in [-0.3, -0.25) is 0 Å². The Hall–Kier alpha value is -1.30. The van der Waals surface area contributed by atoms with Crippen molar-refractivity contribution in [3.8, 4) is 11.5 Å². The van der Waals surface area contributed by atoms with Crippen LogP contribution >= 0.6 is 39.7 Å². The Labute approximate surface area is 142 Å². The van der Waals surface area contributed by atoms with E-state index >= 15 is 0 Å². The van der Waals surface area contributed by atoms with E-state index in [0.29, 0.717) is 22.9 Å². The van der Waals surface area contributed by atoms with Gasteiger partial charge in [-0.15, -0.1) is 0 Å². The summed E-state index contributed by atoms with van der Waals surface area (Å²) < 4.78 is 11.8. The third-order valence-corrected chi connectivity index (χ3v) is 3.97. The van der Waals surface area contributed by atoms with Crippen molar-refractivity contribution in [1.82, 2.24) is 0 Å². The molecule has 0 saturated carbocycles. The topological polar surface area (TPSA) is 44.5 Å². The van der Waals surface area contributed by atoms with E-state index in [0.717, 1.165) is 15.8 Å². The smallest absolute Gasteiger partial charge is 0.133 e. The molecule has 0 aliphatic rings. The summed E-state index contributed by atoms with van der Waals surface area (Å²) in [5.41, 5.74) is 7.23. The van der Waals surface area contributed by atoms with E-state index in [1.807, 2.05) is 18.2 Å². The Bertz CT molecular complexity index is 679. The summed E-state index contributed by atoms with van der Waals surface area (Å²) in [6.45, 7) is 0.374. The SMILES string of the molecule is COc1ccc(COc2cccc(Cl)c2C(N)=S)cc1Br. The first-order valence-electron chi connectivity index (χ1n) is 6.06. The van der Waals surface area contributed by atoms with Crippen LogP contribution in [0, 0.1) is 0 Å². The van der Waals surface area contributed by atoms with Gasteiger partial charge < -0.3 is 15.2 Å². The lowest BCUT2D eigenvalue weighted by molar-refractivity contribution is 0.305. The van der Waals surface area contributed by atoms with E-state index in [4.69, 9.17) is 39.0 Å². The van der Waals surface area contributed by atoms with Gasteiger partial charge in [-0.05, 0) is 45.8 Å². The predicted octanol–water partition coefficient (Wildman–Crippen LogP) is 4.32. The van der Waals surface area contributed by atoms with Crippen molar-refractivity contribution in [3.63, 3.8) is 0 Å². The third kappa shape index (κ3) is 3.87. The molecule has 0 aliphatic heterocycles. The highest BCUT2D eigenvalue weighted by Gasteiger charge is 2.11. The average molecular weight is 387 g/mol. The Morgan fingerprint density at radius 2 is 2.05 bits per heavy atom. The first-order valence-corrected chi connectivity index (χ1v) is 7.64. The molecule has 2 N–H and O–H groups in total. The first kappa shape index (κ1) is 16.1. The number of ether oxygens (including phenoxy) is 2. The van der Waals surface area contributed by atoms with Gasteiger partial charge in [-0.1, -0.05) is 36.0 Å². The minimum Gasteiger partial charge on any atom is -0.496 e. The van der Waals surface area contributed by atoms with Crippen molar-refractivity contribution in [1.29, 1.82) is 0 Å². The summed E-state index contributed by atoms with van der Waals surface area (Å²) in [6.07, 6.45) is 0. The number of methoxy groups -OCH3 is 1. The molecule has 2 aromatic carbocycles. The fraction of sp³-hybridized carbons (Fsp3) is 0.133. The second kappa shape index (κ2) is 7.11. The zero-order valence-corrected chi connectivity index (χ0v) is 14.4. The molecule has 0 aromatic heterocycles. The molecule has 0 fully saturated rings. The molecule has 110 valence electrons. The molecule has 3 nitrogen and oxygen atoms in total. The predicted molar refractivity (Wildman–Crippen MR) is 92.4 cm³/mol. The summed E-state index contributed by atoms with van der Waals surface area (Å²) in [5.74, 6) is 1.34. The van der Waals surface area contributed by atoms with Crippen LogP contribution in [0.4, 0.5) is 0 Å². The molecule has 0 heterocycles. The lowest BCUT2D eigenvalue weighted by Crippen LogP contribution is -2.12. The maximum atomic E-state index is 6.10. The van der Waals surface area contributed by atoms with E-state index in [-0.39, 0.29) is 4.99 Å². The van der Waals surface area contributed by atoms with Crippen molar-refractivity contribution < 1.29 is 9.47 Å². The van der Waals surface area contributed by atoms with Gasteiger partial charge in [-0.25, -0.2) is 0 Å². The number of hydrogen-bond donors (Lipinski definition) is 1. The Balaban J connectivity index is 2.19. The van der Waals surface area contributed by atoms with Crippen molar-refractivity contribution >= 4 is 44.7 Å². The standard InChI is InChI=1S/C15H13BrClNO2S/c1-19-12-6-5-9(7-10(12)16)8-20-13-4-2-3-11(17)14(13)15(18)21/h2-7H,8H2,1H3,(H2,18,21). The molecule has 2 rings (SSSR count). The molecule has 0 amide bonds. The molecule has 0 aliphatic carbocycles. The van der Waals surface area contributed by atoms with Crippen LogP contribution in [0.2, 0.25) is 5.02 Å². The summed E-state index contributed by atoms with van der Waals surface area (Å²) >= 11 is 14.6. The number of thiocarbonyl (C=S) groups is 1. The first-order chi connectivity index (χ1) is 10.0. The van der Waals surface area contributed by atoms with Crippen molar-refractivity contribution in [2.24, 2.45) is 5.73 Å². The zero-order valence-electron chi connectivity index (χ0n) is 11.2. The van der Waals surface area contributed by atoms with E-state index in [2.05, 4.69) is 15.9 Å². The van der Waals surface area contributed by atoms with Gasteiger partial charge in [0.05, 0.1) is 22.2 Å². The highest BCUT2D eigenvalue weighted by molar-refractivity contribution is 9.10. The van der Waals surface area contributed by atoms with Gasteiger partial charge in [0.1, 0.15) is 23.1 Å². The van der Waals surface area contributed by atoms with Crippen molar-refractivity contribution in [2.45, 2.75) is 6.61 Å². The maximum absolute atomic E-state index is 6.10. The normalized spacial score (nSPS) is 10.2. The molecule has 21 heavy (non-hydrogen) atoms. The highest BCUT2D eigenvalue weighted by Crippen LogP contribution is 2.29. The second-order valence-electron chi connectivity index (χ2n) is 4.23. The Morgan fingerprint density at radius 1 is 1.29 bits per heavy atom. The second-order valence-corrected chi connectivity index (χ2v) is 5.94. The van der Waals surface area contributed by atoms with Crippen LogP contribution < -0.4 is 15.2 Å². The number of hydrogen-bond acceptors (Lipinski definition) is 3. The van der Waals surface area contributed by atoms with Gasteiger partial charge in [0.15, 0.2) is 0 Å². The molecule has 0 unspecified atom stereocenters. The lowest BCUT2D eigenvalue weighted by atomic mass is 10.2. The zero-order chi connectivity index (χ0) is 15.4. The van der Waals surface area contributed by atoms with Crippen LogP contribution in [0.1, 0.15) is 11.1 Å². The summed E-state index contributed by atoms with van der Waals surface area (Å²) in [7, 11) is 1.62. The van der Waals surface area contributed by atoms with Crippen LogP contribution in [0.3, 0.4) is 0 Å². The third-order valence-electron chi connectivity index (χ3n) is 2.83. The molecular formula is C15H13BrClNO2S. The molecule has 0 atom stereocenters. The molecule has 0 bridgehead atoms.